The summed E-state index contributed by atoms with van der Waals surface area (Å²) in [6, 6.07) is 8.89. The molecule has 2 heterocycles. The van der Waals surface area contributed by atoms with Gasteiger partial charge in [-0.3, -0.25) is 4.79 Å². The second kappa shape index (κ2) is 6.40. The third-order valence-electron chi connectivity index (χ3n) is 3.78. The highest BCUT2D eigenvalue weighted by atomic mass is 16.5. The lowest BCUT2D eigenvalue weighted by Crippen LogP contribution is -2.36. The van der Waals surface area contributed by atoms with Crippen LogP contribution in [0.3, 0.4) is 0 Å². The summed E-state index contributed by atoms with van der Waals surface area (Å²) in [6.45, 7) is 1.19. The van der Waals surface area contributed by atoms with Gasteiger partial charge in [-0.2, -0.15) is 5.26 Å². The molecule has 3 rings (SSSR count). The molecular formula is C16H16N4O3. The zero-order valence-electron chi connectivity index (χ0n) is 12.7. The van der Waals surface area contributed by atoms with E-state index in [0.29, 0.717) is 18.8 Å². The number of benzene rings is 1. The van der Waals surface area contributed by atoms with Crippen LogP contribution >= 0.6 is 0 Å². The van der Waals surface area contributed by atoms with Gasteiger partial charge < -0.3 is 19.5 Å². The fourth-order valence-electron chi connectivity index (χ4n) is 2.51. The smallest absolute Gasteiger partial charge is 0.290 e. The summed E-state index contributed by atoms with van der Waals surface area (Å²) in [5, 5.41) is 15.6. The van der Waals surface area contributed by atoms with Crippen molar-refractivity contribution in [3.63, 3.8) is 0 Å². The van der Waals surface area contributed by atoms with Gasteiger partial charge in [0.25, 0.3) is 5.91 Å². The van der Waals surface area contributed by atoms with E-state index in [2.05, 4.69) is 16.7 Å². The molecule has 1 N–H and O–H groups in total. The molecule has 0 bridgehead atoms. The minimum atomic E-state index is -0.318. The number of nitrogens with zero attached hydrogens (tertiary/aromatic N) is 3. The molecule has 2 aromatic rings. The van der Waals surface area contributed by atoms with Crippen molar-refractivity contribution < 1.29 is 14.1 Å². The van der Waals surface area contributed by atoms with Crippen LogP contribution in [0, 0.1) is 11.5 Å². The van der Waals surface area contributed by atoms with Crippen LogP contribution in [0.5, 0.6) is 5.75 Å². The maximum absolute atomic E-state index is 12.2. The molecule has 0 aliphatic carbocycles. The van der Waals surface area contributed by atoms with Crippen LogP contribution in [0.1, 0.15) is 17.0 Å². The Morgan fingerprint density at radius 1 is 1.48 bits per heavy atom. The van der Waals surface area contributed by atoms with Gasteiger partial charge in [0, 0.05) is 30.8 Å². The van der Waals surface area contributed by atoms with Crippen LogP contribution in [0.2, 0.25) is 0 Å². The first kappa shape index (κ1) is 14.9. The minimum absolute atomic E-state index is 0.0447. The fraction of sp³-hybridized carbons (Fsp3) is 0.312. The van der Waals surface area contributed by atoms with Crippen molar-refractivity contribution in [2.45, 2.75) is 12.5 Å². The Labute approximate surface area is 133 Å². The van der Waals surface area contributed by atoms with E-state index >= 15 is 0 Å². The maximum atomic E-state index is 12.2. The normalized spacial score (nSPS) is 16.9. The zero-order valence-corrected chi connectivity index (χ0v) is 12.7. The lowest BCUT2D eigenvalue weighted by atomic mass is 10.1. The van der Waals surface area contributed by atoms with Crippen molar-refractivity contribution in [2.24, 2.45) is 0 Å². The van der Waals surface area contributed by atoms with Crippen LogP contribution < -0.4 is 10.1 Å². The average Bonchev–Trinajstić information content (AvgIpc) is 3.24. The van der Waals surface area contributed by atoms with Gasteiger partial charge in [0.05, 0.1) is 7.11 Å². The van der Waals surface area contributed by atoms with E-state index in [1.54, 1.807) is 18.1 Å². The van der Waals surface area contributed by atoms with Gasteiger partial charge >= 0.3 is 0 Å². The van der Waals surface area contributed by atoms with E-state index in [-0.39, 0.29) is 17.7 Å². The number of likely N-dealkylation sites (tertiary alicyclic amines) is 1. The maximum Gasteiger partial charge on any atom is 0.290 e. The molecule has 0 saturated carbocycles. The number of nitriles is 1. The predicted molar refractivity (Wildman–Crippen MR) is 81.5 cm³/mol. The Bertz CT molecular complexity index is 733. The number of ether oxygens (including phenoxy) is 1. The van der Waals surface area contributed by atoms with E-state index in [9.17, 15) is 4.79 Å². The van der Waals surface area contributed by atoms with Crippen LogP contribution in [-0.4, -0.2) is 42.2 Å². The first-order valence-electron chi connectivity index (χ1n) is 7.26. The Hall–Kier alpha value is -3.01. The van der Waals surface area contributed by atoms with E-state index in [0.717, 1.165) is 17.7 Å². The topological polar surface area (TPSA) is 91.4 Å². The summed E-state index contributed by atoms with van der Waals surface area (Å²) in [4.78, 5) is 13.8. The van der Waals surface area contributed by atoms with Gasteiger partial charge in [-0.25, -0.2) is 0 Å². The first-order chi connectivity index (χ1) is 11.2. The Morgan fingerprint density at radius 3 is 2.91 bits per heavy atom. The molecule has 7 heteroatoms. The van der Waals surface area contributed by atoms with Crippen molar-refractivity contribution in [1.82, 2.24) is 15.4 Å². The SMILES string of the molecule is COc1ccc(-c2cc(C(=O)NC3CCN(C#N)C3)on2)cc1. The average molecular weight is 312 g/mol. The molecule has 1 fully saturated rings. The third-order valence-corrected chi connectivity index (χ3v) is 3.78. The number of amides is 1. The number of aromatic nitrogens is 1. The largest absolute Gasteiger partial charge is 0.497 e. The molecule has 1 amide bonds. The number of rotatable bonds is 4. The quantitative estimate of drug-likeness (QED) is 0.863. The Balaban J connectivity index is 1.66. The molecule has 1 atom stereocenters. The van der Waals surface area contributed by atoms with E-state index in [1.807, 2.05) is 24.3 Å². The zero-order chi connectivity index (χ0) is 16.2. The number of nitrogens with one attached hydrogen (secondary N) is 1. The highest BCUT2D eigenvalue weighted by Crippen LogP contribution is 2.22. The van der Waals surface area contributed by atoms with Crippen LogP contribution in [0.4, 0.5) is 0 Å². The monoisotopic (exact) mass is 312 g/mol. The summed E-state index contributed by atoms with van der Waals surface area (Å²) >= 11 is 0. The molecule has 0 spiro atoms. The minimum Gasteiger partial charge on any atom is -0.497 e. The van der Waals surface area contributed by atoms with Crippen LogP contribution in [0.15, 0.2) is 34.9 Å². The van der Waals surface area contributed by atoms with Gasteiger partial charge in [0.2, 0.25) is 5.76 Å². The first-order valence-corrected chi connectivity index (χ1v) is 7.26. The standard InChI is InChI=1S/C16H16N4O3/c1-22-13-4-2-11(3-5-13)14-8-15(23-19-14)16(21)18-12-6-7-20(9-12)10-17/h2-5,8,12H,6-7,9H2,1H3,(H,18,21). The molecule has 1 aliphatic rings. The second-order valence-corrected chi connectivity index (χ2v) is 5.31. The number of hydrogen-bond donors (Lipinski definition) is 1. The number of methoxy groups -OCH3 is 1. The lowest BCUT2D eigenvalue weighted by Gasteiger charge is -2.10. The van der Waals surface area contributed by atoms with E-state index < -0.39 is 0 Å². The summed E-state index contributed by atoms with van der Waals surface area (Å²) in [7, 11) is 1.60. The third kappa shape index (κ3) is 3.26. The van der Waals surface area contributed by atoms with Crippen molar-refractivity contribution in [3.05, 3.63) is 36.1 Å². The van der Waals surface area contributed by atoms with Crippen LogP contribution in [0.25, 0.3) is 11.3 Å². The molecule has 1 aliphatic heterocycles. The number of carbonyl (C=O) groups excluding carboxylic acids is 1. The number of hydrogen-bond acceptors (Lipinski definition) is 6. The molecule has 1 aromatic heterocycles. The van der Waals surface area contributed by atoms with E-state index in [4.69, 9.17) is 14.5 Å². The highest BCUT2D eigenvalue weighted by Gasteiger charge is 2.25. The Morgan fingerprint density at radius 2 is 2.26 bits per heavy atom. The molecule has 23 heavy (non-hydrogen) atoms. The molecular weight excluding hydrogens is 296 g/mol. The van der Waals surface area contributed by atoms with Crippen LogP contribution in [-0.2, 0) is 0 Å². The van der Waals surface area contributed by atoms with E-state index in [1.165, 1.54) is 0 Å². The van der Waals surface area contributed by atoms with Crippen molar-refractivity contribution in [1.29, 1.82) is 5.26 Å². The van der Waals surface area contributed by atoms with Crippen molar-refractivity contribution in [2.75, 3.05) is 20.2 Å². The summed E-state index contributed by atoms with van der Waals surface area (Å²) in [5.41, 5.74) is 1.42. The number of carbonyl (C=O) groups is 1. The molecule has 1 aromatic carbocycles. The molecule has 7 nitrogen and oxygen atoms in total. The van der Waals surface area contributed by atoms with Gasteiger partial charge in [-0.15, -0.1) is 0 Å². The highest BCUT2D eigenvalue weighted by molar-refractivity contribution is 5.92. The van der Waals surface area contributed by atoms with Gasteiger partial charge in [0.1, 0.15) is 11.4 Å². The molecule has 1 unspecified atom stereocenters. The summed E-state index contributed by atoms with van der Waals surface area (Å²) in [5.74, 6) is 0.590. The van der Waals surface area contributed by atoms with Crippen molar-refractivity contribution >= 4 is 5.91 Å². The fourth-order valence-corrected chi connectivity index (χ4v) is 2.51. The van der Waals surface area contributed by atoms with Gasteiger partial charge in [-0.05, 0) is 30.7 Å². The second-order valence-electron chi connectivity index (χ2n) is 5.31. The molecule has 0 radical (unpaired) electrons. The predicted octanol–water partition coefficient (Wildman–Crippen LogP) is 1.64. The summed E-state index contributed by atoms with van der Waals surface area (Å²) < 4.78 is 10.2. The lowest BCUT2D eigenvalue weighted by molar-refractivity contribution is 0.0901. The Kier molecular flexibility index (Phi) is 4.15. The van der Waals surface area contributed by atoms with Gasteiger partial charge in [0.15, 0.2) is 6.19 Å². The molecule has 118 valence electrons. The summed E-state index contributed by atoms with van der Waals surface area (Å²) in [6.07, 6.45) is 2.83. The van der Waals surface area contributed by atoms with Gasteiger partial charge in [-0.1, -0.05) is 5.16 Å². The van der Waals surface area contributed by atoms with Crippen molar-refractivity contribution in [3.8, 4) is 23.2 Å². The molecule has 1 saturated heterocycles.